The van der Waals surface area contributed by atoms with Crippen LogP contribution in [0.25, 0.3) is 0 Å². The average Bonchev–Trinajstić information content (AvgIpc) is 2.48. The fourth-order valence-corrected chi connectivity index (χ4v) is 1.85. The fourth-order valence-electron chi connectivity index (χ4n) is 1.26. The molecule has 0 aliphatic carbocycles. The zero-order chi connectivity index (χ0) is 9.73. The third kappa shape index (κ3) is 5.29. The summed E-state index contributed by atoms with van der Waals surface area (Å²) >= 11 is 0. The summed E-state index contributed by atoms with van der Waals surface area (Å²) in [6, 6.07) is 0. The van der Waals surface area contributed by atoms with E-state index in [1.807, 2.05) is 6.08 Å². The van der Waals surface area contributed by atoms with Crippen molar-refractivity contribution in [3.05, 3.63) is 12.2 Å². The lowest BCUT2D eigenvalue weighted by molar-refractivity contribution is 0.113. The number of hydrogen-bond donors (Lipinski definition) is 0. The van der Waals surface area contributed by atoms with Crippen LogP contribution in [0.15, 0.2) is 12.2 Å². The zero-order valence-electron chi connectivity index (χ0n) is 7.28. The maximum Gasteiger partial charge on any atom is 0.236 e. The van der Waals surface area contributed by atoms with Crippen LogP contribution in [-0.2, 0) is 13.8 Å². The lowest BCUT2D eigenvalue weighted by atomic mass is 10.2. The number of rotatable bonds is 4. The highest BCUT2D eigenvalue weighted by atomic mass is 35.7. The van der Waals surface area contributed by atoms with Gasteiger partial charge in [-0.25, -0.2) is 8.42 Å². The van der Waals surface area contributed by atoms with Gasteiger partial charge in [-0.05, 0) is 19.3 Å². The molecule has 1 aliphatic rings. The van der Waals surface area contributed by atoms with E-state index in [0.717, 1.165) is 25.9 Å². The Morgan fingerprint density at radius 2 is 2.23 bits per heavy atom. The number of halogens is 1. The molecule has 0 spiro atoms. The highest BCUT2D eigenvalue weighted by Crippen LogP contribution is 2.15. The van der Waals surface area contributed by atoms with Crippen LogP contribution in [0.4, 0.5) is 0 Å². The van der Waals surface area contributed by atoms with Gasteiger partial charge in [0.15, 0.2) is 0 Å². The van der Waals surface area contributed by atoms with Crippen molar-refractivity contribution in [3.63, 3.8) is 0 Å². The molecule has 5 heteroatoms. The van der Waals surface area contributed by atoms with E-state index in [9.17, 15) is 8.42 Å². The molecule has 1 saturated heterocycles. The van der Waals surface area contributed by atoms with Crippen molar-refractivity contribution < 1.29 is 13.2 Å². The molecule has 0 saturated carbocycles. The second kappa shape index (κ2) is 4.98. The number of hydrogen-bond acceptors (Lipinski definition) is 3. The number of ether oxygens (including phenoxy) is 1. The van der Waals surface area contributed by atoms with Crippen LogP contribution in [0.1, 0.15) is 19.3 Å². The zero-order valence-corrected chi connectivity index (χ0v) is 8.85. The summed E-state index contributed by atoms with van der Waals surface area (Å²) in [6.45, 7) is 0.826. The predicted octanol–water partition coefficient (Wildman–Crippen LogP) is 1.68. The molecule has 1 aliphatic heterocycles. The summed E-state index contributed by atoms with van der Waals surface area (Å²) in [6.07, 6.45) is 6.62. The van der Waals surface area contributed by atoms with Gasteiger partial charge in [0, 0.05) is 17.3 Å². The van der Waals surface area contributed by atoms with Crippen molar-refractivity contribution in [2.75, 3.05) is 12.4 Å². The molecule has 0 bridgehead atoms. The molecule has 0 amide bonds. The molecule has 3 nitrogen and oxygen atoms in total. The Balaban J connectivity index is 2.18. The minimum absolute atomic E-state index is 0.0960. The Morgan fingerprint density at radius 3 is 2.77 bits per heavy atom. The molecule has 0 N–H and O–H groups in total. The van der Waals surface area contributed by atoms with Crippen molar-refractivity contribution in [1.82, 2.24) is 0 Å². The standard InChI is InChI=1S/C8H13ClO3S/c9-13(10,11)7-2-1-4-8-5-3-6-12-8/h1-2,8H,3-7H2/b2-1-. The molecule has 1 fully saturated rings. The summed E-state index contributed by atoms with van der Waals surface area (Å²) in [5.74, 6) is -0.0960. The van der Waals surface area contributed by atoms with Crippen LogP contribution < -0.4 is 0 Å². The first-order valence-electron chi connectivity index (χ1n) is 4.27. The minimum atomic E-state index is -3.38. The average molecular weight is 225 g/mol. The smallest absolute Gasteiger partial charge is 0.236 e. The molecule has 0 aromatic heterocycles. The molecule has 1 atom stereocenters. The van der Waals surface area contributed by atoms with Crippen LogP contribution in [0.2, 0.25) is 0 Å². The first-order chi connectivity index (χ1) is 6.08. The van der Waals surface area contributed by atoms with Gasteiger partial charge in [0.1, 0.15) is 0 Å². The van der Waals surface area contributed by atoms with Gasteiger partial charge < -0.3 is 4.74 Å². The summed E-state index contributed by atoms with van der Waals surface area (Å²) < 4.78 is 26.4. The monoisotopic (exact) mass is 224 g/mol. The van der Waals surface area contributed by atoms with E-state index in [2.05, 4.69) is 0 Å². The van der Waals surface area contributed by atoms with Gasteiger partial charge >= 0.3 is 0 Å². The summed E-state index contributed by atoms with van der Waals surface area (Å²) in [4.78, 5) is 0. The quantitative estimate of drug-likeness (QED) is 0.539. The van der Waals surface area contributed by atoms with Gasteiger partial charge in [-0.3, -0.25) is 0 Å². The Labute approximate surface area is 83.1 Å². The Morgan fingerprint density at radius 1 is 1.46 bits per heavy atom. The van der Waals surface area contributed by atoms with E-state index in [4.69, 9.17) is 15.4 Å². The third-order valence-electron chi connectivity index (χ3n) is 1.88. The maximum atomic E-state index is 10.5. The van der Waals surface area contributed by atoms with Crippen molar-refractivity contribution in [2.45, 2.75) is 25.4 Å². The molecule has 0 radical (unpaired) electrons. The largest absolute Gasteiger partial charge is 0.378 e. The van der Waals surface area contributed by atoms with Crippen molar-refractivity contribution in [3.8, 4) is 0 Å². The van der Waals surface area contributed by atoms with E-state index < -0.39 is 9.05 Å². The molecule has 13 heavy (non-hydrogen) atoms. The minimum Gasteiger partial charge on any atom is -0.378 e. The van der Waals surface area contributed by atoms with Gasteiger partial charge in [0.2, 0.25) is 9.05 Å². The van der Waals surface area contributed by atoms with Crippen molar-refractivity contribution in [2.24, 2.45) is 0 Å². The maximum absolute atomic E-state index is 10.5. The Bertz CT molecular complexity index is 265. The molecule has 0 aromatic rings. The third-order valence-corrected chi connectivity index (χ3v) is 2.85. The van der Waals surface area contributed by atoms with Gasteiger partial charge in [-0.2, -0.15) is 0 Å². The highest BCUT2D eigenvalue weighted by molar-refractivity contribution is 8.13. The van der Waals surface area contributed by atoms with E-state index in [-0.39, 0.29) is 11.9 Å². The second-order valence-corrected chi connectivity index (χ2v) is 5.87. The van der Waals surface area contributed by atoms with E-state index in [1.165, 1.54) is 0 Å². The van der Waals surface area contributed by atoms with Crippen LogP contribution in [0.5, 0.6) is 0 Å². The second-order valence-electron chi connectivity index (χ2n) is 3.05. The summed E-state index contributed by atoms with van der Waals surface area (Å²) in [7, 11) is 1.64. The predicted molar refractivity (Wildman–Crippen MR) is 52.4 cm³/mol. The molecule has 76 valence electrons. The van der Waals surface area contributed by atoms with Crippen LogP contribution in [0.3, 0.4) is 0 Å². The molecule has 0 aromatic carbocycles. The summed E-state index contributed by atoms with van der Waals surface area (Å²) in [5, 5.41) is 0. The van der Waals surface area contributed by atoms with E-state index in [0.29, 0.717) is 0 Å². The fraction of sp³-hybridized carbons (Fsp3) is 0.750. The Hall–Kier alpha value is -0.0600. The molecular formula is C8H13ClO3S. The normalized spacial score (nSPS) is 24.2. The van der Waals surface area contributed by atoms with Crippen LogP contribution in [-0.4, -0.2) is 26.9 Å². The molecule has 1 rings (SSSR count). The lowest BCUT2D eigenvalue weighted by Gasteiger charge is -2.03. The summed E-state index contributed by atoms with van der Waals surface area (Å²) in [5.41, 5.74) is 0. The topological polar surface area (TPSA) is 43.4 Å². The van der Waals surface area contributed by atoms with E-state index in [1.54, 1.807) is 6.08 Å². The van der Waals surface area contributed by atoms with Crippen LogP contribution >= 0.6 is 10.7 Å². The Kier molecular flexibility index (Phi) is 4.22. The first kappa shape index (κ1) is 11.0. The van der Waals surface area contributed by atoms with E-state index >= 15 is 0 Å². The van der Waals surface area contributed by atoms with Gasteiger partial charge in [0.25, 0.3) is 0 Å². The van der Waals surface area contributed by atoms with Gasteiger partial charge in [-0.15, -0.1) is 0 Å². The van der Waals surface area contributed by atoms with Gasteiger partial charge in [-0.1, -0.05) is 12.2 Å². The highest BCUT2D eigenvalue weighted by Gasteiger charge is 2.13. The van der Waals surface area contributed by atoms with Crippen molar-refractivity contribution in [1.29, 1.82) is 0 Å². The van der Waals surface area contributed by atoms with Crippen LogP contribution in [0, 0.1) is 0 Å². The lowest BCUT2D eigenvalue weighted by Crippen LogP contribution is -2.02. The van der Waals surface area contributed by atoms with Gasteiger partial charge in [0.05, 0.1) is 11.9 Å². The molecular weight excluding hydrogens is 212 g/mol. The molecule has 1 heterocycles. The van der Waals surface area contributed by atoms with Crippen molar-refractivity contribution >= 4 is 19.7 Å². The SMILES string of the molecule is O=S(=O)(Cl)C/C=C\CC1CCCO1. The molecule has 1 unspecified atom stereocenters. The first-order valence-corrected chi connectivity index (χ1v) is 6.75.